The van der Waals surface area contributed by atoms with Crippen molar-refractivity contribution in [2.75, 3.05) is 10.2 Å². The Kier molecular flexibility index (Phi) is 4.57. The van der Waals surface area contributed by atoms with Gasteiger partial charge in [0.2, 0.25) is 0 Å². The summed E-state index contributed by atoms with van der Waals surface area (Å²) in [6.07, 6.45) is 0. The Bertz CT molecular complexity index is 1080. The number of hydrogen-bond donors (Lipinski definition) is 1. The Balaban J connectivity index is 1.80. The van der Waals surface area contributed by atoms with Gasteiger partial charge in [-0.15, -0.1) is 11.3 Å². The van der Waals surface area contributed by atoms with E-state index < -0.39 is 17.6 Å². The molecule has 140 valence electrons. The van der Waals surface area contributed by atoms with E-state index >= 15 is 0 Å². The van der Waals surface area contributed by atoms with Gasteiger partial charge in [0.1, 0.15) is 11.5 Å². The summed E-state index contributed by atoms with van der Waals surface area (Å²) in [4.78, 5) is 28.1. The minimum Gasteiger partial charge on any atom is -0.350 e. The number of carbonyl (C=O) groups is 2. The Morgan fingerprint density at radius 3 is 2.21 bits per heavy atom. The van der Waals surface area contributed by atoms with Gasteiger partial charge in [-0.05, 0) is 72.8 Å². The smallest absolute Gasteiger partial charge is 0.282 e. The minimum atomic E-state index is -0.459. The summed E-state index contributed by atoms with van der Waals surface area (Å²) in [6.45, 7) is 3.94. The molecule has 2 heterocycles. The summed E-state index contributed by atoms with van der Waals surface area (Å²) in [6, 6.07) is 14.8. The standard InChI is InChI=1S/C22H17FN2O2S/c1-13-10-14(2)12-16(11-13)24-20-19(18-4-3-9-28-18)21(26)25(22(20)27)17-7-5-15(23)6-8-17/h3-12,24H,1-2H3. The number of hydrogen-bond acceptors (Lipinski definition) is 4. The fourth-order valence-corrected chi connectivity index (χ4v) is 4.08. The maximum absolute atomic E-state index is 13.3. The number of nitrogens with one attached hydrogen (secondary N) is 1. The number of rotatable bonds is 4. The first-order valence-corrected chi connectivity index (χ1v) is 9.60. The lowest BCUT2D eigenvalue weighted by Crippen LogP contribution is -2.32. The summed E-state index contributed by atoms with van der Waals surface area (Å²) in [5, 5.41) is 5.01. The molecule has 0 bridgehead atoms. The van der Waals surface area contributed by atoms with Crippen LogP contribution in [0, 0.1) is 19.7 Å². The van der Waals surface area contributed by atoms with Gasteiger partial charge in [0.25, 0.3) is 11.8 Å². The summed E-state index contributed by atoms with van der Waals surface area (Å²) in [5.74, 6) is -1.31. The summed E-state index contributed by atoms with van der Waals surface area (Å²) in [5.41, 5.74) is 3.72. The molecule has 1 N–H and O–H groups in total. The molecule has 3 aromatic rings. The van der Waals surface area contributed by atoms with Crippen LogP contribution in [0.4, 0.5) is 15.8 Å². The van der Waals surface area contributed by atoms with E-state index in [1.807, 2.05) is 49.6 Å². The van der Waals surface area contributed by atoms with Gasteiger partial charge < -0.3 is 5.32 Å². The van der Waals surface area contributed by atoms with Crippen LogP contribution < -0.4 is 10.2 Å². The van der Waals surface area contributed by atoms with Crippen molar-refractivity contribution in [2.45, 2.75) is 13.8 Å². The van der Waals surface area contributed by atoms with Crippen LogP contribution in [0.5, 0.6) is 0 Å². The van der Waals surface area contributed by atoms with E-state index in [0.29, 0.717) is 16.1 Å². The second-order valence-corrected chi connectivity index (χ2v) is 7.60. The SMILES string of the molecule is Cc1cc(C)cc(NC2=C(c3cccs3)C(=O)N(c3ccc(F)cc3)C2=O)c1. The molecule has 0 aliphatic carbocycles. The van der Waals surface area contributed by atoms with Crippen LogP contribution in [0.25, 0.3) is 5.57 Å². The molecule has 0 saturated carbocycles. The lowest BCUT2D eigenvalue weighted by atomic mass is 10.1. The van der Waals surface area contributed by atoms with E-state index in [2.05, 4.69) is 5.32 Å². The van der Waals surface area contributed by atoms with Crippen LogP contribution in [0.3, 0.4) is 0 Å². The molecule has 0 radical (unpaired) electrons. The van der Waals surface area contributed by atoms with Gasteiger partial charge in [-0.3, -0.25) is 9.59 Å². The largest absolute Gasteiger partial charge is 0.350 e. The zero-order chi connectivity index (χ0) is 19.8. The first-order chi connectivity index (χ1) is 13.4. The van der Waals surface area contributed by atoms with Gasteiger partial charge in [-0.1, -0.05) is 12.1 Å². The highest BCUT2D eigenvalue weighted by molar-refractivity contribution is 7.11. The molecular weight excluding hydrogens is 375 g/mol. The maximum Gasteiger partial charge on any atom is 0.282 e. The van der Waals surface area contributed by atoms with Crippen molar-refractivity contribution in [3.8, 4) is 0 Å². The van der Waals surface area contributed by atoms with Gasteiger partial charge >= 0.3 is 0 Å². The van der Waals surface area contributed by atoms with Crippen molar-refractivity contribution in [3.05, 3.63) is 87.5 Å². The molecule has 0 saturated heterocycles. The number of halogens is 1. The van der Waals surface area contributed by atoms with E-state index in [1.54, 1.807) is 0 Å². The van der Waals surface area contributed by atoms with Crippen molar-refractivity contribution in [2.24, 2.45) is 0 Å². The minimum absolute atomic E-state index is 0.224. The fourth-order valence-electron chi connectivity index (χ4n) is 3.31. The molecular formula is C22H17FN2O2S. The molecule has 2 aromatic carbocycles. The van der Waals surface area contributed by atoms with Gasteiger partial charge in [0.15, 0.2) is 0 Å². The number of aryl methyl sites for hydroxylation is 2. The molecule has 28 heavy (non-hydrogen) atoms. The van der Waals surface area contributed by atoms with Crippen LogP contribution in [-0.4, -0.2) is 11.8 Å². The highest BCUT2D eigenvalue weighted by atomic mass is 32.1. The number of anilines is 2. The van der Waals surface area contributed by atoms with Gasteiger partial charge in [0.05, 0.1) is 11.3 Å². The highest BCUT2D eigenvalue weighted by Gasteiger charge is 2.40. The Morgan fingerprint density at radius 2 is 1.61 bits per heavy atom. The van der Waals surface area contributed by atoms with E-state index in [1.165, 1.54) is 35.6 Å². The molecule has 4 nitrogen and oxygen atoms in total. The predicted octanol–water partition coefficient (Wildman–Crippen LogP) is 4.90. The molecule has 4 rings (SSSR count). The molecule has 0 spiro atoms. The predicted molar refractivity (Wildman–Crippen MR) is 110 cm³/mol. The van der Waals surface area contributed by atoms with E-state index in [4.69, 9.17) is 0 Å². The second kappa shape index (κ2) is 7.05. The maximum atomic E-state index is 13.3. The van der Waals surface area contributed by atoms with Crippen LogP contribution >= 0.6 is 11.3 Å². The van der Waals surface area contributed by atoms with Crippen molar-refractivity contribution in [1.29, 1.82) is 0 Å². The third-order valence-electron chi connectivity index (χ3n) is 4.43. The molecule has 1 aromatic heterocycles. The molecule has 1 aliphatic rings. The summed E-state index contributed by atoms with van der Waals surface area (Å²) < 4.78 is 13.3. The Hall–Kier alpha value is -3.25. The third-order valence-corrected chi connectivity index (χ3v) is 5.31. The number of amides is 2. The van der Waals surface area contributed by atoms with E-state index in [0.717, 1.165) is 21.7 Å². The fraction of sp³-hybridized carbons (Fsp3) is 0.0909. The normalized spacial score (nSPS) is 14.2. The number of benzene rings is 2. The number of carbonyl (C=O) groups excluding carboxylic acids is 2. The second-order valence-electron chi connectivity index (χ2n) is 6.65. The average Bonchev–Trinajstić information content (AvgIpc) is 3.23. The molecule has 1 aliphatic heterocycles. The van der Waals surface area contributed by atoms with Crippen molar-refractivity contribution < 1.29 is 14.0 Å². The zero-order valence-corrected chi connectivity index (χ0v) is 16.1. The number of nitrogens with zero attached hydrogens (tertiary/aromatic N) is 1. The summed E-state index contributed by atoms with van der Waals surface area (Å²) >= 11 is 1.39. The summed E-state index contributed by atoms with van der Waals surface area (Å²) in [7, 11) is 0. The molecule has 0 atom stereocenters. The number of thiophene rings is 1. The van der Waals surface area contributed by atoms with Crippen molar-refractivity contribution >= 4 is 40.1 Å². The lowest BCUT2D eigenvalue weighted by Gasteiger charge is -2.15. The Morgan fingerprint density at radius 1 is 0.929 bits per heavy atom. The van der Waals surface area contributed by atoms with Crippen LogP contribution in [0.2, 0.25) is 0 Å². The monoisotopic (exact) mass is 392 g/mol. The van der Waals surface area contributed by atoms with Crippen LogP contribution in [0.15, 0.2) is 65.7 Å². The number of imide groups is 1. The van der Waals surface area contributed by atoms with E-state index in [-0.39, 0.29) is 5.70 Å². The topological polar surface area (TPSA) is 49.4 Å². The molecule has 0 fully saturated rings. The molecule has 2 amide bonds. The molecule has 6 heteroatoms. The van der Waals surface area contributed by atoms with Gasteiger partial charge in [0, 0.05) is 10.6 Å². The van der Waals surface area contributed by atoms with Crippen molar-refractivity contribution in [1.82, 2.24) is 0 Å². The quantitative estimate of drug-likeness (QED) is 0.643. The molecule has 0 unspecified atom stereocenters. The van der Waals surface area contributed by atoms with Gasteiger partial charge in [-0.25, -0.2) is 9.29 Å². The lowest BCUT2D eigenvalue weighted by molar-refractivity contribution is -0.120. The Labute approximate surface area is 165 Å². The zero-order valence-electron chi connectivity index (χ0n) is 15.3. The average molecular weight is 392 g/mol. The van der Waals surface area contributed by atoms with Crippen LogP contribution in [0.1, 0.15) is 16.0 Å². The van der Waals surface area contributed by atoms with Crippen molar-refractivity contribution in [3.63, 3.8) is 0 Å². The van der Waals surface area contributed by atoms with E-state index in [9.17, 15) is 14.0 Å². The van der Waals surface area contributed by atoms with Crippen LogP contribution in [-0.2, 0) is 9.59 Å². The van der Waals surface area contributed by atoms with Gasteiger partial charge in [-0.2, -0.15) is 0 Å². The third kappa shape index (κ3) is 3.23. The first-order valence-electron chi connectivity index (χ1n) is 8.72. The highest BCUT2D eigenvalue weighted by Crippen LogP contribution is 2.35. The first kappa shape index (κ1) is 18.1.